The van der Waals surface area contributed by atoms with Gasteiger partial charge >= 0.3 is 0 Å². The molecule has 1 aromatic rings. The summed E-state index contributed by atoms with van der Waals surface area (Å²) in [7, 11) is -3.33. The minimum absolute atomic E-state index is 0.0326. The first-order valence-corrected chi connectivity index (χ1v) is 11.5. The predicted octanol–water partition coefficient (Wildman–Crippen LogP) is 2.19. The average Bonchev–Trinajstić information content (AvgIpc) is 2.54. The number of carbonyl (C=O) groups excluding carboxylic acids is 1. The third-order valence-corrected chi connectivity index (χ3v) is 6.43. The molecule has 1 saturated carbocycles. The van der Waals surface area contributed by atoms with Crippen LogP contribution in [0.1, 0.15) is 49.7 Å². The van der Waals surface area contributed by atoms with Gasteiger partial charge in [0, 0.05) is 19.5 Å². The summed E-state index contributed by atoms with van der Waals surface area (Å²) in [6.45, 7) is 4.65. The highest BCUT2D eigenvalue weighted by atomic mass is 32.2. The quantitative estimate of drug-likeness (QED) is 0.802. The number of aryl methyl sites for hydroxylation is 1. The monoisotopic (exact) mass is 394 g/mol. The molecular formula is C20H30N2O4S. The normalized spacial score (nSPS) is 28.6. The molecule has 2 atom stereocenters. The van der Waals surface area contributed by atoms with Gasteiger partial charge in [-0.3, -0.25) is 4.79 Å². The second-order valence-corrected chi connectivity index (χ2v) is 9.73. The lowest BCUT2D eigenvalue weighted by Gasteiger charge is -2.43. The smallest absolute Gasteiger partial charge is 0.219 e. The van der Waals surface area contributed by atoms with Crippen molar-refractivity contribution in [3.8, 4) is 0 Å². The van der Waals surface area contributed by atoms with Crippen LogP contribution in [0.15, 0.2) is 24.3 Å². The van der Waals surface area contributed by atoms with E-state index in [0.29, 0.717) is 19.1 Å². The Bertz CT molecular complexity index is 757. The number of carbonyl (C=O) groups is 1. The molecule has 2 aliphatic rings. The van der Waals surface area contributed by atoms with Crippen molar-refractivity contribution >= 4 is 15.9 Å². The van der Waals surface area contributed by atoms with Crippen LogP contribution in [0.5, 0.6) is 0 Å². The third-order valence-electron chi connectivity index (χ3n) is 5.70. The zero-order chi connectivity index (χ0) is 19.6. The Morgan fingerprint density at radius 3 is 2.52 bits per heavy atom. The van der Waals surface area contributed by atoms with Crippen molar-refractivity contribution in [1.82, 2.24) is 9.62 Å². The largest absolute Gasteiger partial charge is 0.376 e. The Hall–Kier alpha value is -1.44. The van der Waals surface area contributed by atoms with Gasteiger partial charge in [0.05, 0.1) is 25.0 Å². The Kier molecular flexibility index (Phi) is 6.23. The minimum atomic E-state index is -3.33. The summed E-state index contributed by atoms with van der Waals surface area (Å²) in [6.07, 6.45) is 4.80. The molecule has 150 valence electrons. The van der Waals surface area contributed by atoms with Crippen molar-refractivity contribution in [1.29, 1.82) is 0 Å². The number of nitrogens with one attached hydrogen (secondary N) is 1. The molecule has 3 rings (SSSR count). The first-order valence-electron chi connectivity index (χ1n) is 9.65. The number of hydrogen-bond donors (Lipinski definition) is 1. The van der Waals surface area contributed by atoms with Crippen LogP contribution in [0.4, 0.5) is 0 Å². The van der Waals surface area contributed by atoms with Gasteiger partial charge in [-0.1, -0.05) is 29.8 Å². The Balaban J connectivity index is 1.56. The maximum absolute atomic E-state index is 12.0. The number of amides is 1. The Morgan fingerprint density at radius 1 is 1.26 bits per heavy atom. The summed E-state index contributed by atoms with van der Waals surface area (Å²) < 4.78 is 32.2. The molecule has 1 N–H and O–H groups in total. The highest BCUT2D eigenvalue weighted by Crippen LogP contribution is 2.39. The fraction of sp³-hybridized carbons (Fsp3) is 0.650. The van der Waals surface area contributed by atoms with Crippen molar-refractivity contribution in [2.45, 2.75) is 63.6 Å². The van der Waals surface area contributed by atoms with E-state index < -0.39 is 10.0 Å². The van der Waals surface area contributed by atoms with Crippen LogP contribution in [0.2, 0.25) is 0 Å². The predicted molar refractivity (Wildman–Crippen MR) is 105 cm³/mol. The molecule has 27 heavy (non-hydrogen) atoms. The molecule has 0 radical (unpaired) electrons. The highest BCUT2D eigenvalue weighted by Gasteiger charge is 2.37. The molecule has 1 aromatic carbocycles. The SMILES string of the molecule is CC(=O)N1CCC[C@H](NS(C)(=O)=O)[C@@H]1CO[C@H]1C[C@@H](c2ccc(C)cc2)C1. The van der Waals surface area contributed by atoms with Gasteiger partial charge in [-0.15, -0.1) is 0 Å². The van der Waals surface area contributed by atoms with E-state index in [-0.39, 0.29) is 24.1 Å². The molecule has 2 fully saturated rings. The van der Waals surface area contributed by atoms with Gasteiger partial charge in [-0.05, 0) is 44.1 Å². The first kappa shape index (κ1) is 20.3. The summed E-state index contributed by atoms with van der Waals surface area (Å²) >= 11 is 0. The maximum Gasteiger partial charge on any atom is 0.219 e. The summed E-state index contributed by atoms with van der Waals surface area (Å²) in [5.41, 5.74) is 2.61. The van der Waals surface area contributed by atoms with E-state index in [0.717, 1.165) is 31.9 Å². The van der Waals surface area contributed by atoms with Crippen molar-refractivity contribution in [2.24, 2.45) is 0 Å². The van der Waals surface area contributed by atoms with Crippen LogP contribution in [-0.4, -0.2) is 56.8 Å². The lowest BCUT2D eigenvalue weighted by molar-refractivity contribution is -0.136. The van der Waals surface area contributed by atoms with E-state index in [2.05, 4.69) is 35.9 Å². The van der Waals surface area contributed by atoms with E-state index in [1.54, 1.807) is 4.90 Å². The van der Waals surface area contributed by atoms with E-state index in [4.69, 9.17) is 4.74 Å². The van der Waals surface area contributed by atoms with Crippen LogP contribution in [0.3, 0.4) is 0 Å². The number of piperidine rings is 1. The molecule has 1 heterocycles. The second kappa shape index (κ2) is 8.29. The Morgan fingerprint density at radius 2 is 1.93 bits per heavy atom. The van der Waals surface area contributed by atoms with Gasteiger partial charge in [0.15, 0.2) is 0 Å². The topological polar surface area (TPSA) is 75.7 Å². The van der Waals surface area contributed by atoms with Crippen molar-refractivity contribution in [3.63, 3.8) is 0 Å². The highest BCUT2D eigenvalue weighted by molar-refractivity contribution is 7.88. The van der Waals surface area contributed by atoms with Crippen molar-refractivity contribution < 1.29 is 17.9 Å². The summed E-state index contributed by atoms with van der Waals surface area (Å²) in [6, 6.07) is 8.10. The summed E-state index contributed by atoms with van der Waals surface area (Å²) in [5, 5.41) is 0. The minimum Gasteiger partial charge on any atom is -0.376 e. The Labute approximate surface area is 162 Å². The van der Waals surface area contributed by atoms with Crippen molar-refractivity contribution in [2.75, 3.05) is 19.4 Å². The summed E-state index contributed by atoms with van der Waals surface area (Å²) in [5.74, 6) is 0.491. The fourth-order valence-corrected chi connectivity index (χ4v) is 4.94. The second-order valence-electron chi connectivity index (χ2n) is 7.95. The first-order chi connectivity index (χ1) is 12.7. The average molecular weight is 395 g/mol. The molecule has 0 bridgehead atoms. The zero-order valence-corrected chi connectivity index (χ0v) is 17.2. The lowest BCUT2D eigenvalue weighted by Crippen LogP contribution is -2.58. The number of likely N-dealkylation sites (tertiary alicyclic amines) is 1. The molecule has 1 aliphatic carbocycles. The molecule has 1 saturated heterocycles. The van der Waals surface area contributed by atoms with Gasteiger partial charge in [0.1, 0.15) is 0 Å². The van der Waals surface area contributed by atoms with Gasteiger partial charge in [-0.25, -0.2) is 13.1 Å². The molecule has 7 heteroatoms. The maximum atomic E-state index is 12.0. The standard InChI is InChI=1S/C20H30N2O4S/c1-14-6-8-16(9-7-14)17-11-18(12-17)26-13-20-19(21-27(3,24)25)5-4-10-22(20)15(2)23/h6-9,17-21H,4-5,10-13H2,1-3H3/t17-,18+,19-,20-/m0/s1. The molecular weight excluding hydrogens is 364 g/mol. The van der Waals surface area contributed by atoms with E-state index in [1.807, 2.05) is 0 Å². The van der Waals surface area contributed by atoms with Gasteiger partial charge in [-0.2, -0.15) is 0 Å². The van der Waals surface area contributed by atoms with Crippen LogP contribution in [-0.2, 0) is 19.6 Å². The van der Waals surface area contributed by atoms with E-state index >= 15 is 0 Å². The van der Waals surface area contributed by atoms with E-state index in [1.165, 1.54) is 18.1 Å². The van der Waals surface area contributed by atoms with Crippen molar-refractivity contribution in [3.05, 3.63) is 35.4 Å². The van der Waals surface area contributed by atoms with E-state index in [9.17, 15) is 13.2 Å². The van der Waals surface area contributed by atoms with Crippen LogP contribution >= 0.6 is 0 Å². The molecule has 0 spiro atoms. The number of hydrogen-bond acceptors (Lipinski definition) is 4. The lowest BCUT2D eigenvalue weighted by atomic mass is 9.77. The molecule has 6 nitrogen and oxygen atoms in total. The summed E-state index contributed by atoms with van der Waals surface area (Å²) in [4.78, 5) is 13.8. The number of sulfonamides is 1. The van der Waals surface area contributed by atoms with Gasteiger partial charge in [0.25, 0.3) is 0 Å². The molecule has 0 unspecified atom stereocenters. The molecule has 1 amide bonds. The molecule has 0 aromatic heterocycles. The third kappa shape index (κ3) is 5.30. The van der Waals surface area contributed by atoms with Crippen LogP contribution < -0.4 is 4.72 Å². The van der Waals surface area contributed by atoms with Gasteiger partial charge in [0.2, 0.25) is 15.9 Å². The number of nitrogens with zero attached hydrogens (tertiary/aromatic N) is 1. The molecule has 1 aliphatic heterocycles. The number of benzene rings is 1. The fourth-order valence-electron chi connectivity index (χ4n) is 4.11. The van der Waals surface area contributed by atoms with Crippen LogP contribution in [0.25, 0.3) is 0 Å². The number of ether oxygens (including phenoxy) is 1. The van der Waals surface area contributed by atoms with Crippen LogP contribution in [0, 0.1) is 6.92 Å². The van der Waals surface area contributed by atoms with Gasteiger partial charge < -0.3 is 9.64 Å². The number of rotatable bonds is 6. The zero-order valence-electron chi connectivity index (χ0n) is 16.3.